The summed E-state index contributed by atoms with van der Waals surface area (Å²) in [6.07, 6.45) is 0.358. The molecule has 1 aromatic rings. The van der Waals surface area contributed by atoms with Crippen LogP contribution in [0.1, 0.15) is 12.5 Å². The molecule has 1 aliphatic rings. The topological polar surface area (TPSA) is 70.0 Å². The Morgan fingerprint density at radius 1 is 1.42 bits per heavy atom. The quantitative estimate of drug-likeness (QED) is 0.853. The smallest absolute Gasteiger partial charge is 0.324 e. The van der Waals surface area contributed by atoms with Crippen molar-refractivity contribution in [1.82, 2.24) is 4.90 Å². The lowest BCUT2D eigenvalue weighted by atomic mass is 9.90. The van der Waals surface area contributed by atoms with Gasteiger partial charge in [0.2, 0.25) is 0 Å². The van der Waals surface area contributed by atoms with Crippen LogP contribution < -0.4 is 0 Å². The maximum atomic E-state index is 11.7. The monoisotopic (exact) mass is 265 g/mol. The molecule has 0 radical (unpaired) electrons. The molecule has 1 atom stereocenters. The van der Waals surface area contributed by atoms with Crippen molar-refractivity contribution in [3.8, 4) is 5.75 Å². The summed E-state index contributed by atoms with van der Waals surface area (Å²) in [5, 5.41) is 19.0. The molecular formula is C14H19NO4. The Hall–Kier alpha value is -1.59. The first kappa shape index (κ1) is 13.8. The molecule has 104 valence electrons. The van der Waals surface area contributed by atoms with Crippen LogP contribution in [0.4, 0.5) is 0 Å². The van der Waals surface area contributed by atoms with Crippen LogP contribution in [0.15, 0.2) is 24.3 Å². The van der Waals surface area contributed by atoms with Crippen LogP contribution in [-0.4, -0.2) is 52.9 Å². The zero-order valence-corrected chi connectivity index (χ0v) is 11.0. The highest BCUT2D eigenvalue weighted by Crippen LogP contribution is 2.24. The lowest BCUT2D eigenvalue weighted by Gasteiger charge is -2.40. The van der Waals surface area contributed by atoms with E-state index in [0.29, 0.717) is 32.7 Å². The van der Waals surface area contributed by atoms with E-state index in [-0.39, 0.29) is 5.75 Å². The predicted molar refractivity (Wildman–Crippen MR) is 70.2 cm³/mol. The highest BCUT2D eigenvalue weighted by atomic mass is 16.5. The van der Waals surface area contributed by atoms with E-state index in [2.05, 4.69) is 0 Å². The van der Waals surface area contributed by atoms with Crippen LogP contribution in [-0.2, 0) is 16.0 Å². The van der Waals surface area contributed by atoms with Crippen LogP contribution in [0.2, 0.25) is 0 Å². The Kier molecular flexibility index (Phi) is 4.07. The van der Waals surface area contributed by atoms with Crippen LogP contribution in [0.25, 0.3) is 0 Å². The summed E-state index contributed by atoms with van der Waals surface area (Å²) < 4.78 is 5.27. The van der Waals surface area contributed by atoms with Crippen molar-refractivity contribution in [3.63, 3.8) is 0 Å². The predicted octanol–water partition coefficient (Wildman–Crippen LogP) is 1.11. The van der Waals surface area contributed by atoms with Crippen molar-refractivity contribution in [2.24, 2.45) is 0 Å². The first-order valence-electron chi connectivity index (χ1n) is 6.36. The van der Waals surface area contributed by atoms with Crippen LogP contribution in [0.3, 0.4) is 0 Å². The van der Waals surface area contributed by atoms with E-state index in [1.165, 1.54) is 0 Å². The number of phenols is 1. The van der Waals surface area contributed by atoms with E-state index in [1.807, 2.05) is 11.0 Å². The Morgan fingerprint density at radius 2 is 2.11 bits per heavy atom. The molecule has 0 bridgehead atoms. The molecule has 1 aliphatic heterocycles. The van der Waals surface area contributed by atoms with Gasteiger partial charge >= 0.3 is 5.97 Å². The summed E-state index contributed by atoms with van der Waals surface area (Å²) in [5.74, 6) is -0.690. The minimum atomic E-state index is -0.975. The van der Waals surface area contributed by atoms with Crippen LogP contribution in [0.5, 0.6) is 5.75 Å². The average molecular weight is 265 g/mol. The molecule has 1 unspecified atom stereocenters. The van der Waals surface area contributed by atoms with Gasteiger partial charge in [-0.2, -0.15) is 0 Å². The molecule has 19 heavy (non-hydrogen) atoms. The average Bonchev–Trinajstić information content (AvgIpc) is 2.39. The molecule has 0 aliphatic carbocycles. The van der Waals surface area contributed by atoms with Gasteiger partial charge < -0.3 is 14.9 Å². The number of nitrogens with zero attached hydrogens (tertiary/aromatic N) is 1. The van der Waals surface area contributed by atoms with Gasteiger partial charge in [0.05, 0.1) is 13.2 Å². The molecule has 0 spiro atoms. The van der Waals surface area contributed by atoms with E-state index in [0.717, 1.165) is 5.56 Å². The second kappa shape index (κ2) is 5.59. The number of rotatable bonds is 4. The normalized spacial score (nSPS) is 19.8. The standard InChI is InChI=1S/C14H19NO4/c1-14(13(17)18,15-5-7-19-8-6-15)10-11-3-2-4-12(16)9-11/h2-4,9,16H,5-8,10H2,1H3,(H,17,18). The SMILES string of the molecule is CC(Cc1cccc(O)c1)(C(=O)O)N1CCOCC1. The number of phenolic OH excluding ortho intramolecular Hbond substituents is 1. The van der Waals surface area contributed by atoms with Gasteiger partial charge in [0, 0.05) is 19.5 Å². The second-order valence-electron chi connectivity index (χ2n) is 5.03. The zero-order valence-electron chi connectivity index (χ0n) is 11.0. The van der Waals surface area contributed by atoms with Gasteiger partial charge in [0.25, 0.3) is 0 Å². The maximum Gasteiger partial charge on any atom is 0.324 e. The summed E-state index contributed by atoms with van der Waals surface area (Å²) in [4.78, 5) is 13.6. The number of aliphatic carboxylic acids is 1. The second-order valence-corrected chi connectivity index (χ2v) is 5.03. The van der Waals surface area contributed by atoms with Gasteiger partial charge in [-0.1, -0.05) is 12.1 Å². The lowest BCUT2D eigenvalue weighted by molar-refractivity contribution is -0.153. The number of carboxylic acids is 1. The largest absolute Gasteiger partial charge is 0.508 e. The number of hydrogen-bond donors (Lipinski definition) is 2. The van der Waals surface area contributed by atoms with Gasteiger partial charge in [0.1, 0.15) is 11.3 Å². The fraction of sp³-hybridized carbons (Fsp3) is 0.500. The van der Waals surface area contributed by atoms with Crippen molar-refractivity contribution >= 4 is 5.97 Å². The molecule has 2 N–H and O–H groups in total. The molecule has 2 rings (SSSR count). The van der Waals surface area contributed by atoms with Gasteiger partial charge in [-0.15, -0.1) is 0 Å². The number of ether oxygens (including phenoxy) is 1. The highest BCUT2D eigenvalue weighted by Gasteiger charge is 2.40. The van der Waals surface area contributed by atoms with E-state index in [9.17, 15) is 15.0 Å². The fourth-order valence-electron chi connectivity index (χ4n) is 2.44. The summed E-state index contributed by atoms with van der Waals surface area (Å²) >= 11 is 0. The molecule has 0 amide bonds. The van der Waals surface area contributed by atoms with Crippen molar-refractivity contribution in [2.45, 2.75) is 18.9 Å². The zero-order chi connectivity index (χ0) is 13.9. The third-order valence-electron chi connectivity index (χ3n) is 3.63. The van der Waals surface area contributed by atoms with Gasteiger partial charge in [-0.25, -0.2) is 0 Å². The third kappa shape index (κ3) is 3.05. The Bertz CT molecular complexity index is 457. The number of hydrogen-bond acceptors (Lipinski definition) is 4. The molecule has 1 fully saturated rings. The Morgan fingerprint density at radius 3 is 2.68 bits per heavy atom. The van der Waals surface area contributed by atoms with E-state index in [4.69, 9.17) is 4.74 Å². The molecule has 0 aromatic heterocycles. The fourth-order valence-corrected chi connectivity index (χ4v) is 2.44. The minimum absolute atomic E-state index is 0.159. The molecule has 1 aromatic carbocycles. The summed E-state index contributed by atoms with van der Waals surface area (Å²) in [7, 11) is 0. The molecule has 5 nitrogen and oxygen atoms in total. The Labute approximate surface area is 112 Å². The molecule has 0 saturated carbocycles. The molecule has 5 heteroatoms. The van der Waals surface area contributed by atoms with Crippen molar-refractivity contribution in [3.05, 3.63) is 29.8 Å². The minimum Gasteiger partial charge on any atom is -0.508 e. The highest BCUT2D eigenvalue weighted by molar-refractivity contribution is 5.78. The molecule has 1 heterocycles. The van der Waals surface area contributed by atoms with Gasteiger partial charge in [-0.05, 0) is 24.6 Å². The first-order valence-corrected chi connectivity index (χ1v) is 6.36. The number of carbonyl (C=O) groups is 1. The van der Waals surface area contributed by atoms with E-state index < -0.39 is 11.5 Å². The third-order valence-corrected chi connectivity index (χ3v) is 3.63. The van der Waals surface area contributed by atoms with Crippen molar-refractivity contribution in [2.75, 3.05) is 26.3 Å². The Balaban J connectivity index is 2.21. The van der Waals surface area contributed by atoms with E-state index in [1.54, 1.807) is 25.1 Å². The van der Waals surface area contributed by atoms with Crippen LogP contribution in [0, 0.1) is 0 Å². The summed E-state index contributed by atoms with van der Waals surface area (Å²) in [6.45, 7) is 4.07. The van der Waals surface area contributed by atoms with Gasteiger partial charge in [0.15, 0.2) is 0 Å². The van der Waals surface area contributed by atoms with Crippen molar-refractivity contribution in [1.29, 1.82) is 0 Å². The first-order chi connectivity index (χ1) is 9.02. The van der Waals surface area contributed by atoms with E-state index >= 15 is 0 Å². The molecule has 1 saturated heterocycles. The number of benzene rings is 1. The van der Waals surface area contributed by atoms with Crippen LogP contribution >= 0.6 is 0 Å². The summed E-state index contributed by atoms with van der Waals surface area (Å²) in [5.41, 5.74) is -0.159. The number of morpholine rings is 1. The number of aromatic hydroxyl groups is 1. The maximum absolute atomic E-state index is 11.7. The van der Waals surface area contributed by atoms with Gasteiger partial charge in [-0.3, -0.25) is 9.69 Å². The van der Waals surface area contributed by atoms with Crippen molar-refractivity contribution < 1.29 is 19.7 Å². The lowest BCUT2D eigenvalue weighted by Crippen LogP contribution is -2.57. The number of carboxylic acid groups (broad SMARTS) is 1. The molecular weight excluding hydrogens is 246 g/mol. The summed E-state index contributed by atoms with van der Waals surface area (Å²) in [6, 6.07) is 6.76.